The molecule has 13 heteroatoms. The van der Waals surface area contributed by atoms with Gasteiger partial charge in [-0.25, -0.2) is 23.2 Å². The number of aryl methyl sites for hydroxylation is 2. The summed E-state index contributed by atoms with van der Waals surface area (Å²) >= 11 is 5.87. The summed E-state index contributed by atoms with van der Waals surface area (Å²) in [6.07, 6.45) is -1.96. The predicted molar refractivity (Wildman–Crippen MR) is 126 cm³/mol. The number of nitrogens with one attached hydrogen (secondary N) is 1. The molecule has 8 nitrogen and oxygen atoms in total. The van der Waals surface area contributed by atoms with E-state index in [0.717, 1.165) is 0 Å². The molecule has 0 unspecified atom stereocenters. The van der Waals surface area contributed by atoms with Gasteiger partial charge in [-0.15, -0.1) is 0 Å². The number of H-pyrrole nitrogens is 1. The minimum absolute atomic E-state index is 0.0221. The number of carbonyl (C=O) groups is 1. The summed E-state index contributed by atoms with van der Waals surface area (Å²) in [7, 11) is -3.93. The highest BCUT2D eigenvalue weighted by molar-refractivity contribution is 7.89. The molecule has 3 heterocycles. The lowest BCUT2D eigenvalue weighted by molar-refractivity contribution is -0.189. The molecule has 0 fully saturated rings. The first kappa shape index (κ1) is 25.9. The molecular weight excluding hydrogens is 521 g/mol. The number of alkyl halides is 3. The van der Waals surface area contributed by atoms with Gasteiger partial charge in [0.05, 0.1) is 10.6 Å². The lowest BCUT2D eigenvalue weighted by atomic mass is 10.0. The van der Waals surface area contributed by atoms with Crippen molar-refractivity contribution < 1.29 is 31.1 Å². The molecule has 0 saturated carbocycles. The van der Waals surface area contributed by atoms with Gasteiger partial charge < -0.3 is 9.72 Å². The largest absolute Gasteiger partial charge is 0.491 e. The van der Waals surface area contributed by atoms with Crippen molar-refractivity contribution in [1.29, 1.82) is 0 Å². The van der Waals surface area contributed by atoms with Gasteiger partial charge in [0, 0.05) is 35.6 Å². The number of halogens is 4. The average molecular weight is 541 g/mol. The zero-order valence-corrected chi connectivity index (χ0v) is 20.6. The molecule has 3 aromatic rings. The zero-order chi connectivity index (χ0) is 26.3. The Morgan fingerprint density at radius 2 is 1.86 bits per heavy atom. The summed E-state index contributed by atoms with van der Waals surface area (Å²) in [5, 5.41) is 0.372. The molecule has 0 radical (unpaired) electrons. The second-order valence-corrected chi connectivity index (χ2v) is 10.4. The van der Waals surface area contributed by atoms with Crippen molar-refractivity contribution in [3.63, 3.8) is 0 Å². The number of sulfonamides is 1. The van der Waals surface area contributed by atoms with Gasteiger partial charge in [-0.2, -0.15) is 17.5 Å². The molecule has 2 aromatic heterocycles. The minimum atomic E-state index is -5.26. The van der Waals surface area contributed by atoms with Crippen LogP contribution in [0, 0.1) is 13.8 Å². The van der Waals surface area contributed by atoms with Gasteiger partial charge >= 0.3 is 12.1 Å². The minimum Gasteiger partial charge on any atom is -0.417 e. The van der Waals surface area contributed by atoms with Crippen molar-refractivity contribution in [2.75, 3.05) is 13.1 Å². The molecule has 0 saturated heterocycles. The maximum atomic E-state index is 13.2. The number of aromatic nitrogens is 3. The van der Waals surface area contributed by atoms with Crippen LogP contribution in [0.15, 0.2) is 47.5 Å². The number of rotatable bonds is 5. The first-order valence-corrected chi connectivity index (χ1v) is 12.5. The number of nitrogens with zero attached hydrogens (tertiary/aromatic N) is 3. The Kier molecular flexibility index (Phi) is 6.95. The molecule has 0 amide bonds. The van der Waals surface area contributed by atoms with Gasteiger partial charge in [-0.3, -0.25) is 0 Å². The summed E-state index contributed by atoms with van der Waals surface area (Å²) in [4.78, 5) is 23.1. The topological polar surface area (TPSA) is 105 Å². The van der Waals surface area contributed by atoms with Gasteiger partial charge in [0.25, 0.3) is 0 Å². The van der Waals surface area contributed by atoms with E-state index >= 15 is 0 Å². The van der Waals surface area contributed by atoms with E-state index in [1.807, 2.05) is 0 Å². The van der Waals surface area contributed by atoms with Crippen LogP contribution >= 0.6 is 11.6 Å². The highest BCUT2D eigenvalue weighted by Gasteiger charge is 2.42. The molecule has 0 aliphatic carbocycles. The molecule has 36 heavy (non-hydrogen) atoms. The van der Waals surface area contributed by atoms with Gasteiger partial charge in [-0.05, 0) is 56.2 Å². The van der Waals surface area contributed by atoms with E-state index in [1.165, 1.54) is 40.8 Å². The smallest absolute Gasteiger partial charge is 0.417 e. The molecule has 1 aliphatic heterocycles. The van der Waals surface area contributed by atoms with Crippen LogP contribution in [0.4, 0.5) is 13.2 Å². The molecule has 1 N–H and O–H groups in total. The van der Waals surface area contributed by atoms with E-state index in [1.54, 1.807) is 19.9 Å². The quantitative estimate of drug-likeness (QED) is 0.471. The van der Waals surface area contributed by atoms with Crippen LogP contribution in [-0.4, -0.2) is 52.9 Å². The number of hydrogen-bond donors (Lipinski definition) is 1. The fourth-order valence-corrected chi connectivity index (χ4v) is 5.21. The van der Waals surface area contributed by atoms with E-state index in [4.69, 9.17) is 16.3 Å². The summed E-state index contributed by atoms with van der Waals surface area (Å²) < 4.78 is 71.7. The molecule has 1 aliphatic rings. The van der Waals surface area contributed by atoms with Crippen molar-refractivity contribution in [3.05, 3.63) is 64.6 Å². The normalized spacial score (nSPS) is 15.0. The fourth-order valence-electron chi connectivity index (χ4n) is 3.66. The Morgan fingerprint density at radius 1 is 1.17 bits per heavy atom. The van der Waals surface area contributed by atoms with Crippen molar-refractivity contribution >= 4 is 33.2 Å². The number of ether oxygens (including phenoxy) is 1. The zero-order valence-electron chi connectivity index (χ0n) is 19.1. The predicted octanol–water partition coefficient (Wildman–Crippen LogP) is 4.69. The first-order valence-electron chi connectivity index (χ1n) is 10.6. The Labute approximate surface area is 209 Å². The Balaban J connectivity index is 1.77. The molecule has 190 valence electrons. The number of imidazole rings is 1. The molecule has 0 bridgehead atoms. The van der Waals surface area contributed by atoms with Crippen LogP contribution in [0.5, 0.6) is 5.75 Å². The van der Waals surface area contributed by atoms with E-state index in [0.29, 0.717) is 22.0 Å². The summed E-state index contributed by atoms with van der Waals surface area (Å²) in [5.41, 5.74) is 1.58. The van der Waals surface area contributed by atoms with E-state index in [9.17, 15) is 26.4 Å². The molecule has 4 rings (SSSR count). The van der Waals surface area contributed by atoms with E-state index in [-0.39, 0.29) is 41.5 Å². The van der Waals surface area contributed by atoms with Crippen molar-refractivity contribution in [3.8, 4) is 17.3 Å². The third kappa shape index (κ3) is 5.15. The van der Waals surface area contributed by atoms with Gasteiger partial charge in [-0.1, -0.05) is 17.7 Å². The Bertz CT molecular complexity index is 1430. The SMILES string of the molecule is Cc1nc(-c2nccc(C3=CCCN(S(=O)(=O)c4ccc(Cl)cc4)C3)c2OC(=O)C(F)(F)F)[nH]c1C. The standard InChI is InChI=1S/C23H20ClF3N4O4S/c1-13-14(2)30-21(29-13)19-20(35-22(32)23(25,26)27)18(9-10-28-19)15-4-3-11-31(12-15)36(33,34)17-7-5-16(24)6-8-17/h4-10H,3,11-12H2,1-2H3,(H,29,30). The van der Waals surface area contributed by atoms with Crippen LogP contribution < -0.4 is 4.74 Å². The van der Waals surface area contributed by atoms with Crippen LogP contribution in [0.25, 0.3) is 17.1 Å². The number of hydrogen-bond acceptors (Lipinski definition) is 6. The molecule has 0 atom stereocenters. The lowest BCUT2D eigenvalue weighted by Crippen LogP contribution is -2.35. The van der Waals surface area contributed by atoms with Crippen molar-refractivity contribution in [2.24, 2.45) is 0 Å². The Morgan fingerprint density at radius 3 is 2.47 bits per heavy atom. The second-order valence-electron chi connectivity index (χ2n) is 8.03. The number of pyridine rings is 1. The van der Waals surface area contributed by atoms with Crippen LogP contribution in [0.1, 0.15) is 23.4 Å². The third-order valence-electron chi connectivity index (χ3n) is 5.60. The van der Waals surface area contributed by atoms with Crippen molar-refractivity contribution in [1.82, 2.24) is 19.3 Å². The Hall–Kier alpha value is -3.22. The van der Waals surface area contributed by atoms with Crippen molar-refractivity contribution in [2.45, 2.75) is 31.3 Å². The van der Waals surface area contributed by atoms with E-state index in [2.05, 4.69) is 15.0 Å². The molecular formula is C23H20ClF3N4O4S. The summed E-state index contributed by atoms with van der Waals surface area (Å²) in [6.45, 7) is 3.41. The average Bonchev–Trinajstić information content (AvgIpc) is 3.16. The first-order chi connectivity index (χ1) is 16.9. The monoisotopic (exact) mass is 540 g/mol. The van der Waals surface area contributed by atoms with Gasteiger partial charge in [0.1, 0.15) is 5.69 Å². The number of aromatic amines is 1. The molecule has 0 spiro atoms. The summed E-state index contributed by atoms with van der Waals surface area (Å²) in [5.74, 6) is -2.79. The fraction of sp³-hybridized carbons (Fsp3) is 0.261. The van der Waals surface area contributed by atoms with Gasteiger partial charge in [0.15, 0.2) is 11.6 Å². The number of carbonyl (C=O) groups excluding carboxylic acids is 1. The lowest BCUT2D eigenvalue weighted by Gasteiger charge is -2.27. The maximum absolute atomic E-state index is 13.2. The third-order valence-corrected chi connectivity index (χ3v) is 7.71. The second kappa shape index (κ2) is 9.68. The highest BCUT2D eigenvalue weighted by Crippen LogP contribution is 2.38. The molecule has 1 aromatic carbocycles. The van der Waals surface area contributed by atoms with Crippen LogP contribution in [-0.2, 0) is 14.8 Å². The maximum Gasteiger partial charge on any atom is 0.491 e. The highest BCUT2D eigenvalue weighted by atomic mass is 35.5. The number of esters is 1. The van der Waals surface area contributed by atoms with Crippen LogP contribution in [0.2, 0.25) is 5.02 Å². The van der Waals surface area contributed by atoms with Gasteiger partial charge in [0.2, 0.25) is 10.0 Å². The summed E-state index contributed by atoms with van der Waals surface area (Å²) in [6, 6.07) is 7.02. The van der Waals surface area contributed by atoms with Crippen LogP contribution in [0.3, 0.4) is 0 Å². The number of benzene rings is 1. The van der Waals surface area contributed by atoms with E-state index < -0.39 is 27.9 Å².